The highest BCUT2D eigenvalue weighted by molar-refractivity contribution is 5.95. The Labute approximate surface area is 300 Å². The first-order chi connectivity index (χ1) is 22.9. The van der Waals surface area contributed by atoms with Crippen LogP contribution in [0.2, 0.25) is 0 Å². The molecular weight excluding hydrogens is 610 g/mol. The van der Waals surface area contributed by atoms with E-state index in [2.05, 4.69) is 53.4 Å². The number of methoxy groups -OCH3 is 1. The van der Waals surface area contributed by atoms with E-state index in [1.54, 1.807) is 7.11 Å². The standard InChI is InChI=1S/C17H29NO.C14H21NO2.C11H23NO/c1-11(2)16(19)18(12(3)4)17-8-13-5-14(9-17)7-15(6-13)10-17;1-10(2)14(16)15(11(3)4)12-6-8-13(17-5)9-7-12;1-6-7-8-12(10(4)5)11(13)9(2)3/h11-15H,5-10H2,1-4H3;6-11H,1-5H3;9-10H,6-8H2,1-5H3. The highest BCUT2D eigenvalue weighted by Crippen LogP contribution is 2.58. The third kappa shape index (κ3) is 11.5. The van der Waals surface area contributed by atoms with Crippen LogP contribution in [0.1, 0.15) is 141 Å². The lowest BCUT2D eigenvalue weighted by molar-refractivity contribution is -0.158. The molecule has 0 N–H and O–H groups in total. The average molecular weight is 684 g/mol. The van der Waals surface area contributed by atoms with Gasteiger partial charge in [0, 0.05) is 53.7 Å². The molecule has 0 aromatic heterocycles. The van der Waals surface area contributed by atoms with E-state index >= 15 is 0 Å². The van der Waals surface area contributed by atoms with Crippen LogP contribution in [0.25, 0.3) is 0 Å². The first kappa shape index (κ1) is 42.6. The largest absolute Gasteiger partial charge is 0.497 e. The number of unbranched alkanes of at least 4 members (excludes halogenated alkanes) is 1. The topological polar surface area (TPSA) is 70.2 Å². The van der Waals surface area contributed by atoms with Crippen molar-refractivity contribution in [2.24, 2.45) is 35.5 Å². The zero-order valence-electron chi connectivity index (χ0n) is 33.8. The summed E-state index contributed by atoms with van der Waals surface area (Å²) in [4.78, 5) is 42.7. The Balaban J connectivity index is 0.000000261. The number of benzene rings is 1. The Hall–Kier alpha value is -2.57. The molecule has 3 amide bonds. The van der Waals surface area contributed by atoms with Gasteiger partial charge in [-0.3, -0.25) is 14.4 Å². The molecule has 4 saturated carbocycles. The fraction of sp³-hybridized carbons (Fsp3) is 0.786. The molecule has 7 nitrogen and oxygen atoms in total. The van der Waals surface area contributed by atoms with Gasteiger partial charge in [-0.15, -0.1) is 0 Å². The molecule has 49 heavy (non-hydrogen) atoms. The third-order valence-electron chi connectivity index (χ3n) is 10.5. The lowest BCUT2D eigenvalue weighted by Crippen LogP contribution is -2.64. The van der Waals surface area contributed by atoms with E-state index in [-0.39, 0.29) is 41.1 Å². The number of rotatable bonds is 12. The van der Waals surface area contributed by atoms with Crippen LogP contribution in [0.3, 0.4) is 0 Å². The molecule has 0 radical (unpaired) electrons. The van der Waals surface area contributed by atoms with Gasteiger partial charge in [0.1, 0.15) is 5.75 Å². The number of carbonyl (C=O) groups is 3. The second kappa shape index (κ2) is 19.2. The zero-order valence-corrected chi connectivity index (χ0v) is 33.8. The van der Waals surface area contributed by atoms with Crippen molar-refractivity contribution in [2.75, 3.05) is 18.6 Å². The number of amides is 3. The van der Waals surface area contributed by atoms with Gasteiger partial charge >= 0.3 is 0 Å². The van der Waals surface area contributed by atoms with Crippen molar-refractivity contribution in [3.05, 3.63) is 24.3 Å². The van der Waals surface area contributed by atoms with Crippen molar-refractivity contribution in [1.29, 1.82) is 0 Å². The van der Waals surface area contributed by atoms with Gasteiger partial charge in [0.15, 0.2) is 0 Å². The molecule has 1 aromatic rings. The van der Waals surface area contributed by atoms with Crippen LogP contribution >= 0.6 is 0 Å². The second-order valence-corrected chi connectivity index (χ2v) is 16.9. The summed E-state index contributed by atoms with van der Waals surface area (Å²) in [6.45, 7) is 27.5. The minimum absolute atomic E-state index is 0.000461. The van der Waals surface area contributed by atoms with Crippen LogP contribution < -0.4 is 9.64 Å². The fourth-order valence-electron chi connectivity index (χ4n) is 8.66. The summed E-state index contributed by atoms with van der Waals surface area (Å²) >= 11 is 0. The first-order valence-corrected chi connectivity index (χ1v) is 19.5. The number of ether oxygens (including phenoxy) is 1. The molecule has 7 heteroatoms. The molecule has 280 valence electrons. The van der Waals surface area contributed by atoms with Gasteiger partial charge in [-0.05, 0) is 129 Å². The van der Waals surface area contributed by atoms with Crippen molar-refractivity contribution in [2.45, 2.75) is 165 Å². The molecule has 4 bridgehead atoms. The molecule has 0 unspecified atom stereocenters. The van der Waals surface area contributed by atoms with Crippen molar-refractivity contribution in [3.8, 4) is 5.75 Å². The monoisotopic (exact) mass is 684 g/mol. The zero-order chi connectivity index (χ0) is 37.2. The maximum absolute atomic E-state index is 12.7. The van der Waals surface area contributed by atoms with Crippen molar-refractivity contribution in [3.63, 3.8) is 0 Å². The summed E-state index contributed by atoms with van der Waals surface area (Å²) in [6, 6.07) is 8.42. The minimum atomic E-state index is -0.000461. The molecule has 0 saturated heterocycles. The Bertz CT molecular complexity index is 1140. The van der Waals surface area contributed by atoms with E-state index in [1.807, 2.05) is 75.6 Å². The Morgan fingerprint density at radius 2 is 1.12 bits per heavy atom. The number of hydrogen-bond acceptors (Lipinski definition) is 4. The quantitative estimate of drug-likeness (QED) is 0.220. The van der Waals surface area contributed by atoms with E-state index in [1.165, 1.54) is 38.5 Å². The van der Waals surface area contributed by atoms with Gasteiger partial charge < -0.3 is 19.4 Å². The summed E-state index contributed by atoms with van der Waals surface area (Å²) < 4.78 is 5.11. The number of carbonyl (C=O) groups excluding carboxylic acids is 3. The Morgan fingerprint density at radius 3 is 1.45 bits per heavy atom. The van der Waals surface area contributed by atoms with E-state index in [0.717, 1.165) is 48.6 Å². The van der Waals surface area contributed by atoms with Gasteiger partial charge in [0.2, 0.25) is 17.7 Å². The maximum atomic E-state index is 12.7. The van der Waals surface area contributed by atoms with Crippen LogP contribution in [0.15, 0.2) is 24.3 Å². The van der Waals surface area contributed by atoms with Crippen LogP contribution in [0.4, 0.5) is 5.69 Å². The Morgan fingerprint density at radius 1 is 0.673 bits per heavy atom. The SMILES string of the molecule is CC(C)C(=O)N(C(C)C)C12CC3CC(CC(C3)C1)C2.CCCCN(C(=O)C(C)C)C(C)C.COc1ccc(N(C(=O)C(C)C)C(C)C)cc1. The van der Waals surface area contributed by atoms with Gasteiger partial charge in [0.05, 0.1) is 7.11 Å². The van der Waals surface area contributed by atoms with E-state index in [4.69, 9.17) is 4.74 Å². The van der Waals surface area contributed by atoms with E-state index < -0.39 is 0 Å². The summed E-state index contributed by atoms with van der Waals surface area (Å²) in [6.07, 6.45) is 10.5. The lowest BCUT2D eigenvalue weighted by atomic mass is 9.52. The minimum Gasteiger partial charge on any atom is -0.497 e. The molecule has 5 rings (SSSR count). The number of nitrogens with zero attached hydrogens (tertiary/aromatic N) is 3. The van der Waals surface area contributed by atoms with Crippen molar-refractivity contribution < 1.29 is 19.1 Å². The highest BCUT2D eigenvalue weighted by atomic mass is 16.5. The average Bonchev–Trinajstić information content (AvgIpc) is 3.00. The van der Waals surface area contributed by atoms with Crippen molar-refractivity contribution >= 4 is 23.4 Å². The van der Waals surface area contributed by atoms with Crippen molar-refractivity contribution in [1.82, 2.24) is 9.80 Å². The maximum Gasteiger partial charge on any atom is 0.229 e. The predicted molar refractivity (Wildman–Crippen MR) is 205 cm³/mol. The van der Waals surface area contributed by atoms with Crippen LogP contribution in [-0.4, -0.2) is 64.8 Å². The summed E-state index contributed by atoms with van der Waals surface area (Å²) in [5.41, 5.74) is 1.14. The smallest absolute Gasteiger partial charge is 0.229 e. The van der Waals surface area contributed by atoms with Gasteiger partial charge in [-0.25, -0.2) is 0 Å². The molecule has 4 aliphatic rings. The van der Waals surface area contributed by atoms with E-state index in [0.29, 0.717) is 18.0 Å². The fourth-order valence-corrected chi connectivity index (χ4v) is 8.66. The summed E-state index contributed by atoms with van der Waals surface area (Å²) in [5, 5.41) is 0. The summed E-state index contributed by atoms with van der Waals surface area (Å²) in [7, 11) is 1.63. The molecule has 1 aromatic carbocycles. The van der Waals surface area contributed by atoms with Crippen LogP contribution in [0, 0.1) is 35.5 Å². The van der Waals surface area contributed by atoms with Gasteiger partial charge in [0.25, 0.3) is 0 Å². The first-order valence-electron chi connectivity index (χ1n) is 19.5. The Kier molecular flexibility index (Phi) is 16.6. The third-order valence-corrected chi connectivity index (χ3v) is 10.5. The lowest BCUT2D eigenvalue weighted by Gasteiger charge is -2.61. The van der Waals surface area contributed by atoms with Gasteiger partial charge in [-0.2, -0.15) is 0 Å². The molecule has 0 heterocycles. The number of anilines is 1. The summed E-state index contributed by atoms with van der Waals surface area (Å²) in [5.74, 6) is 4.60. The van der Waals surface area contributed by atoms with Crippen LogP contribution in [0.5, 0.6) is 5.75 Å². The van der Waals surface area contributed by atoms with Crippen LogP contribution in [-0.2, 0) is 14.4 Å². The van der Waals surface area contributed by atoms with Gasteiger partial charge in [-0.1, -0.05) is 54.9 Å². The van der Waals surface area contributed by atoms with E-state index in [9.17, 15) is 14.4 Å². The molecule has 0 atom stereocenters. The molecule has 4 fully saturated rings. The molecule has 0 aliphatic heterocycles. The predicted octanol–water partition coefficient (Wildman–Crippen LogP) is 9.62. The molecular formula is C42H73N3O4. The highest BCUT2D eigenvalue weighted by Gasteiger charge is 2.55. The number of hydrogen-bond donors (Lipinski definition) is 0. The molecule has 0 spiro atoms. The normalized spacial score (nSPS) is 22.2. The molecule has 4 aliphatic carbocycles. The second-order valence-electron chi connectivity index (χ2n) is 16.9.